The van der Waals surface area contributed by atoms with Crippen molar-refractivity contribution in [3.63, 3.8) is 0 Å². The monoisotopic (exact) mass is 542 g/mol. The summed E-state index contributed by atoms with van der Waals surface area (Å²) in [4.78, 5) is 10.1. The Hall–Kier alpha value is -0.860. The van der Waals surface area contributed by atoms with Gasteiger partial charge in [0.05, 0.1) is 8.95 Å². The second-order valence-corrected chi connectivity index (χ2v) is 8.03. The Labute approximate surface area is 189 Å². The van der Waals surface area contributed by atoms with E-state index in [1.165, 1.54) is 24.3 Å². The van der Waals surface area contributed by atoms with Gasteiger partial charge in [-0.2, -0.15) is 0 Å². The van der Waals surface area contributed by atoms with E-state index in [-0.39, 0.29) is 24.0 Å². The summed E-state index contributed by atoms with van der Waals surface area (Å²) in [6.45, 7) is 8.83. The highest BCUT2D eigenvalue weighted by Gasteiger charge is 2.00. The third-order valence-corrected chi connectivity index (χ3v) is 3.99. The number of hydrogen-bond acceptors (Lipinski definition) is 3. The van der Waals surface area contributed by atoms with Crippen molar-refractivity contribution in [1.29, 1.82) is 0 Å². The van der Waals surface area contributed by atoms with Gasteiger partial charge in [-0.25, -0.2) is 8.78 Å². The molecule has 2 aromatic carbocycles. The molecular formula is C20H27Br2ClF2N2O. The third kappa shape index (κ3) is 14.2. The molecule has 0 aliphatic rings. The highest BCUT2D eigenvalue weighted by Crippen LogP contribution is 2.17. The standard InChI is InChI=1S/C10H13BrFN.C7H4BrFO.C3H9N.ClH/c1-7(2)13-6-8-3-4-10(12)9(11)5-8;8-6-3-5(4-10)1-2-7(6)9;1-3(2)4;/h3-5,7,13H,6H2,1-2H3;1-4H;3H,4H2,1-2H3;1H. The average Bonchev–Trinajstić information content (AvgIpc) is 2.58. The minimum Gasteiger partial charge on any atom is -0.328 e. The predicted molar refractivity (Wildman–Crippen MR) is 122 cm³/mol. The molecule has 0 saturated heterocycles. The van der Waals surface area contributed by atoms with Crippen LogP contribution in [0.1, 0.15) is 43.6 Å². The highest BCUT2D eigenvalue weighted by atomic mass is 79.9. The molecular weight excluding hydrogens is 517 g/mol. The lowest BCUT2D eigenvalue weighted by Crippen LogP contribution is -2.21. The molecule has 0 bridgehead atoms. The van der Waals surface area contributed by atoms with Gasteiger partial charge in [-0.15, -0.1) is 12.4 Å². The molecule has 0 amide bonds. The SMILES string of the molecule is CC(C)N.CC(C)NCc1ccc(F)c(Br)c1.Cl.O=Cc1ccc(F)c(Br)c1. The summed E-state index contributed by atoms with van der Waals surface area (Å²) in [5.41, 5.74) is 6.66. The average molecular weight is 545 g/mol. The zero-order valence-corrected chi connectivity index (χ0v) is 20.3. The van der Waals surface area contributed by atoms with Crippen LogP contribution in [0.3, 0.4) is 0 Å². The second kappa shape index (κ2) is 16.0. The van der Waals surface area contributed by atoms with Crippen molar-refractivity contribution in [3.05, 3.63) is 68.1 Å². The van der Waals surface area contributed by atoms with Crippen LogP contribution in [0, 0.1) is 11.6 Å². The fourth-order valence-electron chi connectivity index (χ4n) is 1.56. The van der Waals surface area contributed by atoms with Crippen molar-refractivity contribution >= 4 is 50.6 Å². The van der Waals surface area contributed by atoms with Crippen LogP contribution >= 0.6 is 44.3 Å². The van der Waals surface area contributed by atoms with Gasteiger partial charge in [0.25, 0.3) is 0 Å². The van der Waals surface area contributed by atoms with Gasteiger partial charge < -0.3 is 11.1 Å². The van der Waals surface area contributed by atoms with E-state index in [0.29, 0.717) is 32.9 Å². The van der Waals surface area contributed by atoms with Crippen molar-refractivity contribution < 1.29 is 13.6 Å². The highest BCUT2D eigenvalue weighted by molar-refractivity contribution is 9.10. The second-order valence-electron chi connectivity index (χ2n) is 6.32. The number of nitrogens with one attached hydrogen (secondary N) is 1. The molecule has 3 nitrogen and oxygen atoms in total. The van der Waals surface area contributed by atoms with Gasteiger partial charge in [0.15, 0.2) is 0 Å². The quantitative estimate of drug-likeness (QED) is 0.447. The Bertz CT molecular complexity index is 714. The van der Waals surface area contributed by atoms with Crippen LogP contribution in [0.4, 0.5) is 8.78 Å². The molecule has 8 heteroatoms. The molecule has 0 aromatic heterocycles. The summed E-state index contributed by atoms with van der Waals surface area (Å²) in [7, 11) is 0. The molecule has 0 saturated carbocycles. The van der Waals surface area contributed by atoms with Gasteiger partial charge in [-0.05, 0) is 73.8 Å². The molecule has 0 radical (unpaired) electrons. The van der Waals surface area contributed by atoms with Gasteiger partial charge in [0, 0.05) is 18.2 Å². The maximum atomic E-state index is 12.8. The van der Waals surface area contributed by atoms with Gasteiger partial charge in [0.1, 0.15) is 17.9 Å². The number of benzene rings is 2. The largest absolute Gasteiger partial charge is 0.328 e. The minimum absolute atomic E-state index is 0. The molecule has 2 rings (SSSR count). The Morgan fingerprint density at radius 2 is 1.46 bits per heavy atom. The third-order valence-electron chi connectivity index (χ3n) is 2.78. The fraction of sp³-hybridized carbons (Fsp3) is 0.350. The van der Waals surface area contributed by atoms with Gasteiger partial charge >= 0.3 is 0 Å². The van der Waals surface area contributed by atoms with E-state index in [1.54, 1.807) is 12.1 Å². The summed E-state index contributed by atoms with van der Waals surface area (Å²) < 4.78 is 26.1. The van der Waals surface area contributed by atoms with Crippen LogP contribution in [0.25, 0.3) is 0 Å². The lowest BCUT2D eigenvalue weighted by atomic mass is 10.2. The van der Waals surface area contributed by atoms with Crippen molar-refractivity contribution in [2.75, 3.05) is 0 Å². The topological polar surface area (TPSA) is 55.1 Å². The Balaban J connectivity index is 0. The van der Waals surface area contributed by atoms with Crippen molar-refractivity contribution in [2.24, 2.45) is 5.73 Å². The molecule has 0 aliphatic heterocycles. The molecule has 0 spiro atoms. The van der Waals surface area contributed by atoms with Crippen molar-refractivity contribution in [2.45, 2.75) is 46.3 Å². The summed E-state index contributed by atoms with van der Waals surface area (Å²) in [6, 6.07) is 9.94. The number of aldehydes is 1. The van der Waals surface area contributed by atoms with E-state index < -0.39 is 0 Å². The Morgan fingerprint density at radius 3 is 1.86 bits per heavy atom. The van der Waals surface area contributed by atoms with E-state index in [9.17, 15) is 13.6 Å². The molecule has 0 fully saturated rings. The van der Waals surface area contributed by atoms with Gasteiger partial charge in [0.2, 0.25) is 0 Å². The first-order chi connectivity index (χ1) is 12.6. The first-order valence-corrected chi connectivity index (χ1v) is 9.98. The number of rotatable bonds is 4. The molecule has 2 aromatic rings. The maximum absolute atomic E-state index is 12.8. The fourth-order valence-corrected chi connectivity index (χ4v) is 2.38. The summed E-state index contributed by atoms with van der Waals surface area (Å²) >= 11 is 6.10. The first kappa shape index (κ1) is 29.3. The van der Waals surface area contributed by atoms with Gasteiger partial charge in [-0.3, -0.25) is 4.79 Å². The van der Waals surface area contributed by atoms with Crippen LogP contribution in [0.5, 0.6) is 0 Å². The van der Waals surface area contributed by atoms with Crippen LogP contribution in [-0.2, 0) is 6.54 Å². The van der Waals surface area contributed by atoms with Crippen LogP contribution in [0.2, 0.25) is 0 Å². The molecule has 0 atom stereocenters. The lowest BCUT2D eigenvalue weighted by Gasteiger charge is -2.08. The summed E-state index contributed by atoms with van der Waals surface area (Å²) in [5.74, 6) is -0.570. The van der Waals surface area contributed by atoms with E-state index >= 15 is 0 Å². The number of hydrogen-bond donors (Lipinski definition) is 2. The number of carbonyl (C=O) groups is 1. The zero-order valence-electron chi connectivity index (χ0n) is 16.3. The minimum atomic E-state index is -0.356. The molecule has 3 N–H and O–H groups in total. The zero-order chi connectivity index (χ0) is 21.0. The van der Waals surface area contributed by atoms with Crippen molar-refractivity contribution in [1.82, 2.24) is 5.32 Å². The van der Waals surface area contributed by atoms with E-state index in [1.807, 2.05) is 13.8 Å². The van der Waals surface area contributed by atoms with Crippen LogP contribution < -0.4 is 11.1 Å². The molecule has 158 valence electrons. The van der Waals surface area contributed by atoms with E-state index in [4.69, 9.17) is 5.73 Å². The predicted octanol–water partition coefficient (Wildman–Crippen LogP) is 6.26. The Morgan fingerprint density at radius 1 is 1.00 bits per heavy atom. The Kier molecular flexibility index (Phi) is 16.8. The smallest absolute Gasteiger partial charge is 0.150 e. The molecule has 28 heavy (non-hydrogen) atoms. The van der Waals surface area contributed by atoms with Crippen LogP contribution in [0.15, 0.2) is 45.3 Å². The summed E-state index contributed by atoms with van der Waals surface area (Å²) in [6.07, 6.45) is 0.671. The van der Waals surface area contributed by atoms with Crippen molar-refractivity contribution in [3.8, 4) is 0 Å². The van der Waals surface area contributed by atoms with E-state index in [2.05, 4.69) is 51.0 Å². The van der Waals surface area contributed by atoms with Gasteiger partial charge in [-0.1, -0.05) is 33.8 Å². The molecule has 0 unspecified atom stereocenters. The first-order valence-electron chi connectivity index (χ1n) is 8.39. The molecule has 0 aliphatic carbocycles. The lowest BCUT2D eigenvalue weighted by molar-refractivity contribution is 0.112. The number of carbonyl (C=O) groups excluding carboxylic acids is 1. The normalized spacial score (nSPS) is 9.68. The van der Waals surface area contributed by atoms with Crippen LogP contribution in [-0.4, -0.2) is 18.4 Å². The number of nitrogens with two attached hydrogens (primary N) is 1. The summed E-state index contributed by atoms with van der Waals surface area (Å²) in [5, 5.41) is 3.27. The van der Waals surface area contributed by atoms with E-state index in [0.717, 1.165) is 12.1 Å². The molecule has 0 heterocycles. The maximum Gasteiger partial charge on any atom is 0.150 e. The number of halogens is 5.